The molecule has 1 atom stereocenters. The first-order valence-corrected chi connectivity index (χ1v) is 10.9. The summed E-state index contributed by atoms with van der Waals surface area (Å²) in [5.74, 6) is -0.184. The van der Waals surface area contributed by atoms with Crippen LogP contribution in [0, 0.1) is 0 Å². The van der Waals surface area contributed by atoms with Crippen molar-refractivity contribution in [3.8, 4) is 0 Å². The van der Waals surface area contributed by atoms with Crippen molar-refractivity contribution in [2.24, 2.45) is 4.99 Å². The molecule has 3 rings (SSSR count). The lowest BCUT2D eigenvalue weighted by atomic mass is 10.1. The van der Waals surface area contributed by atoms with Crippen molar-refractivity contribution in [1.29, 1.82) is 0 Å². The van der Waals surface area contributed by atoms with Crippen LogP contribution in [0.25, 0.3) is 0 Å². The van der Waals surface area contributed by atoms with Gasteiger partial charge in [-0.05, 0) is 44.0 Å². The van der Waals surface area contributed by atoms with Gasteiger partial charge in [0.15, 0.2) is 5.17 Å². The van der Waals surface area contributed by atoms with E-state index in [2.05, 4.69) is 5.32 Å². The summed E-state index contributed by atoms with van der Waals surface area (Å²) in [7, 11) is 0. The van der Waals surface area contributed by atoms with Crippen LogP contribution in [0.1, 0.15) is 51.9 Å². The molecule has 2 fully saturated rings. The maximum Gasteiger partial charge on any atom is 0.242 e. The second kappa shape index (κ2) is 9.60. The summed E-state index contributed by atoms with van der Waals surface area (Å²) < 4.78 is 0. The maximum atomic E-state index is 12.7. The molecule has 7 heteroatoms. The Morgan fingerprint density at radius 3 is 2.52 bits per heavy atom. The van der Waals surface area contributed by atoms with Gasteiger partial charge in [-0.3, -0.25) is 19.5 Å². The van der Waals surface area contributed by atoms with Gasteiger partial charge in [-0.25, -0.2) is 0 Å². The van der Waals surface area contributed by atoms with Crippen LogP contribution in [-0.4, -0.2) is 39.7 Å². The summed E-state index contributed by atoms with van der Waals surface area (Å²) in [5.41, 5.74) is 0.680. The summed E-state index contributed by atoms with van der Waals surface area (Å²) in [6, 6.07) is 7.26. The molecule has 0 spiro atoms. The normalized spacial score (nSPS) is 22.9. The summed E-state index contributed by atoms with van der Waals surface area (Å²) in [6.45, 7) is 2.55. The van der Waals surface area contributed by atoms with Gasteiger partial charge in [0.25, 0.3) is 0 Å². The fraction of sp³-hybridized carbons (Fsp3) is 0.550. The number of nitrogens with zero attached hydrogens (tertiary/aromatic N) is 2. The van der Waals surface area contributed by atoms with Crippen molar-refractivity contribution in [2.75, 3.05) is 11.9 Å². The minimum Gasteiger partial charge on any atom is -0.326 e. The Morgan fingerprint density at radius 1 is 1.22 bits per heavy atom. The van der Waals surface area contributed by atoms with E-state index >= 15 is 0 Å². The molecule has 1 saturated carbocycles. The summed E-state index contributed by atoms with van der Waals surface area (Å²) in [4.78, 5) is 31.7. The first kappa shape index (κ1) is 20.2. The van der Waals surface area contributed by atoms with Crippen LogP contribution in [0.2, 0.25) is 5.02 Å². The quantitative estimate of drug-likeness (QED) is 0.719. The van der Waals surface area contributed by atoms with E-state index in [1.54, 1.807) is 29.2 Å². The number of thioether (sulfide) groups is 1. The average molecular weight is 408 g/mol. The standard InChI is InChI=1S/C20H26ClN3O2S/c1-2-24-19(26)17(13-18(25)22-16-11-9-14(21)10-12-16)27-20(24)23-15-7-5-3-4-6-8-15/h9-12,15,17H,2-8,13H2,1H3,(H,22,25). The number of carbonyl (C=O) groups excluding carboxylic acids is 2. The number of hydrogen-bond donors (Lipinski definition) is 1. The van der Waals surface area contributed by atoms with Gasteiger partial charge in [-0.2, -0.15) is 0 Å². The lowest BCUT2D eigenvalue weighted by Crippen LogP contribution is -2.33. The van der Waals surface area contributed by atoms with Crippen LogP contribution in [-0.2, 0) is 9.59 Å². The molecule has 1 aliphatic heterocycles. The summed E-state index contributed by atoms with van der Waals surface area (Å²) in [6.07, 6.45) is 7.30. The monoisotopic (exact) mass is 407 g/mol. The molecule has 146 valence electrons. The van der Waals surface area contributed by atoms with Gasteiger partial charge < -0.3 is 5.32 Å². The fourth-order valence-corrected chi connectivity index (χ4v) is 4.89. The molecule has 1 aromatic rings. The number of amidine groups is 1. The molecule has 1 saturated heterocycles. The zero-order valence-corrected chi connectivity index (χ0v) is 17.2. The molecule has 2 amide bonds. The third kappa shape index (κ3) is 5.48. The van der Waals surface area contributed by atoms with Crippen LogP contribution >= 0.6 is 23.4 Å². The van der Waals surface area contributed by atoms with Crippen molar-refractivity contribution in [3.63, 3.8) is 0 Å². The second-order valence-corrected chi connectivity index (χ2v) is 8.61. The Balaban J connectivity index is 1.62. The second-order valence-electron chi connectivity index (χ2n) is 7.01. The fourth-order valence-electron chi connectivity index (χ4n) is 3.49. The Kier molecular flexibility index (Phi) is 7.19. The third-order valence-corrected chi connectivity index (χ3v) is 6.39. The number of carbonyl (C=O) groups is 2. The van der Waals surface area contributed by atoms with Gasteiger partial charge in [0.1, 0.15) is 5.25 Å². The molecule has 2 aliphatic rings. The number of halogens is 1. The lowest BCUT2D eigenvalue weighted by Gasteiger charge is -2.16. The topological polar surface area (TPSA) is 61.8 Å². The predicted molar refractivity (Wildman–Crippen MR) is 112 cm³/mol. The smallest absolute Gasteiger partial charge is 0.242 e. The first-order chi connectivity index (χ1) is 13.1. The van der Waals surface area contributed by atoms with E-state index in [-0.39, 0.29) is 18.2 Å². The first-order valence-electron chi connectivity index (χ1n) is 9.68. The zero-order valence-electron chi connectivity index (χ0n) is 15.6. The highest BCUT2D eigenvalue weighted by molar-refractivity contribution is 8.15. The van der Waals surface area contributed by atoms with Crippen molar-refractivity contribution < 1.29 is 9.59 Å². The Hall–Kier alpha value is -1.53. The number of anilines is 1. The maximum absolute atomic E-state index is 12.7. The van der Waals surface area contributed by atoms with Crippen LogP contribution in [0.5, 0.6) is 0 Å². The summed E-state index contributed by atoms with van der Waals surface area (Å²) in [5, 5.41) is 3.84. The van der Waals surface area contributed by atoms with Gasteiger partial charge >= 0.3 is 0 Å². The van der Waals surface area contributed by atoms with Gasteiger partial charge in [0.05, 0.1) is 6.04 Å². The van der Waals surface area contributed by atoms with E-state index in [9.17, 15) is 9.59 Å². The molecule has 0 aromatic heterocycles. The van der Waals surface area contributed by atoms with E-state index in [4.69, 9.17) is 16.6 Å². The Morgan fingerprint density at radius 2 is 1.89 bits per heavy atom. The molecule has 27 heavy (non-hydrogen) atoms. The summed E-state index contributed by atoms with van der Waals surface area (Å²) >= 11 is 7.30. The predicted octanol–water partition coefficient (Wildman–Crippen LogP) is 4.71. The van der Waals surface area contributed by atoms with Crippen LogP contribution < -0.4 is 5.32 Å². The van der Waals surface area contributed by atoms with Crippen molar-refractivity contribution in [1.82, 2.24) is 4.90 Å². The largest absolute Gasteiger partial charge is 0.326 e. The molecule has 0 bridgehead atoms. The lowest BCUT2D eigenvalue weighted by molar-refractivity contribution is -0.128. The molecule has 5 nitrogen and oxygen atoms in total. The van der Waals surface area contributed by atoms with E-state index in [1.165, 1.54) is 37.4 Å². The molecule has 1 unspecified atom stereocenters. The zero-order chi connectivity index (χ0) is 19.2. The molecular formula is C20H26ClN3O2S. The molecule has 1 N–H and O–H groups in total. The molecular weight excluding hydrogens is 382 g/mol. The van der Waals surface area contributed by atoms with E-state index in [0.29, 0.717) is 23.3 Å². The number of hydrogen-bond acceptors (Lipinski definition) is 4. The number of aliphatic imine (C=N–C) groups is 1. The van der Waals surface area contributed by atoms with Gasteiger partial charge in [-0.15, -0.1) is 0 Å². The minimum atomic E-state index is -0.401. The van der Waals surface area contributed by atoms with E-state index in [1.807, 2.05) is 6.92 Å². The molecule has 0 radical (unpaired) electrons. The highest BCUT2D eigenvalue weighted by Gasteiger charge is 2.38. The number of rotatable bonds is 5. The van der Waals surface area contributed by atoms with Crippen molar-refractivity contribution in [3.05, 3.63) is 29.3 Å². The number of benzene rings is 1. The van der Waals surface area contributed by atoms with Crippen molar-refractivity contribution >= 4 is 46.0 Å². The van der Waals surface area contributed by atoms with Gasteiger partial charge in [0, 0.05) is 23.7 Å². The molecule has 1 aliphatic carbocycles. The number of nitrogens with one attached hydrogen (secondary N) is 1. The highest BCUT2D eigenvalue weighted by Crippen LogP contribution is 2.31. The third-order valence-electron chi connectivity index (χ3n) is 4.95. The van der Waals surface area contributed by atoms with Crippen LogP contribution in [0.15, 0.2) is 29.3 Å². The van der Waals surface area contributed by atoms with Crippen LogP contribution in [0.3, 0.4) is 0 Å². The van der Waals surface area contributed by atoms with Gasteiger partial charge in [0.2, 0.25) is 11.8 Å². The highest BCUT2D eigenvalue weighted by atomic mass is 35.5. The van der Waals surface area contributed by atoms with E-state index < -0.39 is 5.25 Å². The molecule has 1 heterocycles. The van der Waals surface area contributed by atoms with Gasteiger partial charge in [-0.1, -0.05) is 49.0 Å². The SMILES string of the molecule is CCN1C(=O)C(CC(=O)Nc2ccc(Cl)cc2)SC1=NC1CCCCCC1. The van der Waals surface area contributed by atoms with Crippen molar-refractivity contribution in [2.45, 2.75) is 63.2 Å². The molecule has 1 aromatic carbocycles. The minimum absolute atomic E-state index is 0.0128. The van der Waals surface area contributed by atoms with E-state index in [0.717, 1.165) is 18.0 Å². The number of amides is 2. The Labute approximate surface area is 169 Å². The van der Waals surface area contributed by atoms with Crippen LogP contribution in [0.4, 0.5) is 5.69 Å². The average Bonchev–Trinajstić information content (AvgIpc) is 2.81. The Bertz CT molecular complexity index is 700.